The van der Waals surface area contributed by atoms with Crippen LogP contribution in [0.25, 0.3) is 0 Å². The molecule has 1 amide bonds. The summed E-state index contributed by atoms with van der Waals surface area (Å²) in [5.74, 6) is 0.0878. The van der Waals surface area contributed by atoms with Gasteiger partial charge in [0.05, 0.1) is 6.42 Å². The highest BCUT2D eigenvalue weighted by Gasteiger charge is 2.06. The monoisotopic (exact) mass is 315 g/mol. The molecule has 1 N–H and O–H groups in total. The van der Waals surface area contributed by atoms with Crippen molar-refractivity contribution in [2.45, 2.75) is 33.1 Å². The Kier molecular flexibility index (Phi) is 6.02. The number of hydrogen-bond acceptors (Lipinski definition) is 1. The largest absolute Gasteiger partial charge is 0.356 e. The molecule has 0 aliphatic carbocycles. The second-order valence-electron chi connectivity index (χ2n) is 5.69. The quantitative estimate of drug-likeness (QED) is 0.793. The fourth-order valence-electron chi connectivity index (χ4n) is 2.40. The Morgan fingerprint density at radius 3 is 2.55 bits per heavy atom. The molecule has 0 aliphatic heterocycles. The average molecular weight is 316 g/mol. The molecule has 3 heteroatoms. The lowest BCUT2D eigenvalue weighted by atomic mass is 10.0. The number of nitrogens with one attached hydrogen (secondary N) is 1. The van der Waals surface area contributed by atoms with Gasteiger partial charge in [0.2, 0.25) is 5.91 Å². The van der Waals surface area contributed by atoms with Gasteiger partial charge >= 0.3 is 0 Å². The van der Waals surface area contributed by atoms with Crippen LogP contribution in [0.2, 0.25) is 5.02 Å². The van der Waals surface area contributed by atoms with E-state index < -0.39 is 0 Å². The predicted molar refractivity (Wildman–Crippen MR) is 92.4 cm³/mol. The van der Waals surface area contributed by atoms with E-state index in [1.807, 2.05) is 38.1 Å². The molecule has 0 aliphatic rings. The van der Waals surface area contributed by atoms with Crippen molar-refractivity contribution < 1.29 is 4.79 Å². The smallest absolute Gasteiger partial charge is 0.224 e. The van der Waals surface area contributed by atoms with Crippen LogP contribution in [-0.4, -0.2) is 12.5 Å². The van der Waals surface area contributed by atoms with Gasteiger partial charge in [-0.05, 0) is 55.5 Å². The molecule has 0 aromatic heterocycles. The van der Waals surface area contributed by atoms with E-state index in [1.54, 1.807) is 0 Å². The maximum Gasteiger partial charge on any atom is 0.224 e. The van der Waals surface area contributed by atoms with Crippen molar-refractivity contribution >= 4 is 17.5 Å². The molecule has 0 radical (unpaired) electrons. The molecular weight excluding hydrogens is 294 g/mol. The maximum absolute atomic E-state index is 12.0. The highest BCUT2D eigenvalue weighted by Crippen LogP contribution is 2.12. The standard InChI is InChI=1S/C19H22ClNO/c1-14-5-6-15(2)17(12-14)13-19(22)21-11-3-4-16-7-9-18(20)10-8-16/h5-10,12H,3-4,11,13H2,1-2H3,(H,21,22). The van der Waals surface area contributed by atoms with E-state index >= 15 is 0 Å². The van der Waals surface area contributed by atoms with Gasteiger partial charge in [0, 0.05) is 11.6 Å². The molecule has 0 spiro atoms. The Morgan fingerprint density at radius 2 is 1.82 bits per heavy atom. The summed E-state index contributed by atoms with van der Waals surface area (Å²) in [6.07, 6.45) is 2.33. The summed E-state index contributed by atoms with van der Waals surface area (Å²) >= 11 is 5.86. The first-order valence-electron chi connectivity index (χ1n) is 7.62. The van der Waals surface area contributed by atoms with Gasteiger partial charge in [-0.3, -0.25) is 4.79 Å². The van der Waals surface area contributed by atoms with E-state index in [4.69, 9.17) is 11.6 Å². The topological polar surface area (TPSA) is 29.1 Å². The summed E-state index contributed by atoms with van der Waals surface area (Å²) in [7, 11) is 0. The van der Waals surface area contributed by atoms with Crippen molar-refractivity contribution in [3.63, 3.8) is 0 Å². The summed E-state index contributed by atoms with van der Waals surface area (Å²) in [6, 6.07) is 14.1. The van der Waals surface area contributed by atoms with E-state index in [9.17, 15) is 4.79 Å². The summed E-state index contributed by atoms with van der Waals surface area (Å²) in [5.41, 5.74) is 4.71. The van der Waals surface area contributed by atoms with Crippen molar-refractivity contribution in [1.29, 1.82) is 0 Å². The van der Waals surface area contributed by atoms with Crippen LogP contribution in [0, 0.1) is 13.8 Å². The first kappa shape index (κ1) is 16.6. The Labute approximate surface area is 137 Å². The minimum atomic E-state index is 0.0878. The number of carbonyl (C=O) groups excluding carboxylic acids is 1. The van der Waals surface area contributed by atoms with Crippen LogP contribution in [0.4, 0.5) is 0 Å². The van der Waals surface area contributed by atoms with E-state index in [1.165, 1.54) is 16.7 Å². The summed E-state index contributed by atoms with van der Waals surface area (Å²) < 4.78 is 0. The van der Waals surface area contributed by atoms with Crippen LogP contribution in [-0.2, 0) is 17.6 Å². The zero-order valence-electron chi connectivity index (χ0n) is 13.2. The van der Waals surface area contributed by atoms with Gasteiger partial charge < -0.3 is 5.32 Å². The van der Waals surface area contributed by atoms with Gasteiger partial charge in [0.25, 0.3) is 0 Å². The maximum atomic E-state index is 12.0. The third-order valence-corrected chi connectivity index (χ3v) is 3.99. The Hall–Kier alpha value is -1.80. The van der Waals surface area contributed by atoms with Crippen LogP contribution >= 0.6 is 11.6 Å². The number of amides is 1. The summed E-state index contributed by atoms with van der Waals surface area (Å²) in [4.78, 5) is 12.0. The molecule has 0 heterocycles. The van der Waals surface area contributed by atoms with E-state index in [-0.39, 0.29) is 5.91 Å². The van der Waals surface area contributed by atoms with Gasteiger partial charge in [-0.25, -0.2) is 0 Å². The molecule has 0 fully saturated rings. The zero-order valence-corrected chi connectivity index (χ0v) is 13.9. The molecule has 2 nitrogen and oxygen atoms in total. The highest BCUT2D eigenvalue weighted by molar-refractivity contribution is 6.30. The first-order valence-corrected chi connectivity index (χ1v) is 7.99. The van der Waals surface area contributed by atoms with Crippen LogP contribution in [0.5, 0.6) is 0 Å². The molecule has 0 saturated carbocycles. The lowest BCUT2D eigenvalue weighted by molar-refractivity contribution is -0.120. The molecule has 0 atom stereocenters. The molecule has 2 rings (SSSR count). The first-order chi connectivity index (χ1) is 10.5. The summed E-state index contributed by atoms with van der Waals surface area (Å²) in [5, 5.41) is 3.75. The van der Waals surface area contributed by atoms with Crippen LogP contribution in [0.15, 0.2) is 42.5 Å². The van der Waals surface area contributed by atoms with Crippen molar-refractivity contribution in [3.8, 4) is 0 Å². The minimum Gasteiger partial charge on any atom is -0.356 e. The number of aryl methyl sites for hydroxylation is 3. The normalized spacial score (nSPS) is 10.5. The third kappa shape index (κ3) is 5.19. The molecule has 0 unspecified atom stereocenters. The number of carbonyl (C=O) groups is 1. The van der Waals surface area contributed by atoms with Crippen molar-refractivity contribution in [1.82, 2.24) is 5.32 Å². The number of hydrogen-bond donors (Lipinski definition) is 1. The molecule has 2 aromatic rings. The van der Waals surface area contributed by atoms with E-state index in [0.717, 1.165) is 23.4 Å². The fraction of sp³-hybridized carbons (Fsp3) is 0.316. The molecule has 0 saturated heterocycles. The van der Waals surface area contributed by atoms with Gasteiger partial charge in [-0.15, -0.1) is 0 Å². The molecule has 0 bridgehead atoms. The Balaban J connectivity index is 1.74. The zero-order chi connectivity index (χ0) is 15.9. The molecule has 116 valence electrons. The SMILES string of the molecule is Cc1ccc(C)c(CC(=O)NCCCc2ccc(Cl)cc2)c1. The number of benzene rings is 2. The summed E-state index contributed by atoms with van der Waals surface area (Å²) in [6.45, 7) is 4.79. The lowest BCUT2D eigenvalue weighted by Crippen LogP contribution is -2.26. The van der Waals surface area contributed by atoms with Gasteiger partial charge in [0.1, 0.15) is 0 Å². The van der Waals surface area contributed by atoms with E-state index in [2.05, 4.69) is 23.5 Å². The van der Waals surface area contributed by atoms with Gasteiger partial charge in [0.15, 0.2) is 0 Å². The highest BCUT2D eigenvalue weighted by atomic mass is 35.5. The second kappa shape index (κ2) is 8.00. The van der Waals surface area contributed by atoms with Gasteiger partial charge in [-0.2, -0.15) is 0 Å². The Bertz CT molecular complexity index is 634. The Morgan fingerprint density at radius 1 is 1.09 bits per heavy atom. The van der Waals surface area contributed by atoms with Crippen molar-refractivity contribution in [2.24, 2.45) is 0 Å². The lowest BCUT2D eigenvalue weighted by Gasteiger charge is -2.08. The van der Waals surface area contributed by atoms with Crippen LogP contribution in [0.1, 0.15) is 28.7 Å². The average Bonchev–Trinajstić information content (AvgIpc) is 2.49. The van der Waals surface area contributed by atoms with Crippen LogP contribution < -0.4 is 5.32 Å². The van der Waals surface area contributed by atoms with Gasteiger partial charge in [-0.1, -0.05) is 47.5 Å². The fourth-order valence-corrected chi connectivity index (χ4v) is 2.52. The number of halogens is 1. The molecule has 22 heavy (non-hydrogen) atoms. The third-order valence-electron chi connectivity index (χ3n) is 3.73. The van der Waals surface area contributed by atoms with E-state index in [0.29, 0.717) is 13.0 Å². The van der Waals surface area contributed by atoms with Crippen molar-refractivity contribution in [3.05, 3.63) is 69.7 Å². The minimum absolute atomic E-state index is 0.0878. The van der Waals surface area contributed by atoms with Crippen molar-refractivity contribution in [2.75, 3.05) is 6.54 Å². The predicted octanol–water partition coefficient (Wildman–Crippen LogP) is 4.25. The number of rotatable bonds is 6. The molecular formula is C19H22ClNO. The molecule has 2 aromatic carbocycles. The van der Waals surface area contributed by atoms with Crippen LogP contribution in [0.3, 0.4) is 0 Å². The second-order valence-corrected chi connectivity index (χ2v) is 6.12.